The Hall–Kier alpha value is -3.35. The molecule has 2 heterocycles. The fraction of sp³-hybridized carbons (Fsp3) is 0.211. The van der Waals surface area contributed by atoms with Crippen molar-refractivity contribution in [3.63, 3.8) is 0 Å². The van der Waals surface area contributed by atoms with Gasteiger partial charge >= 0.3 is 0 Å². The van der Waals surface area contributed by atoms with Gasteiger partial charge in [0.25, 0.3) is 5.91 Å². The molecule has 0 radical (unpaired) electrons. The van der Waals surface area contributed by atoms with Gasteiger partial charge < -0.3 is 15.2 Å². The maximum absolute atomic E-state index is 12.5. The first-order valence-corrected chi connectivity index (χ1v) is 8.27. The maximum atomic E-state index is 12.5. The predicted molar refractivity (Wildman–Crippen MR) is 99.4 cm³/mol. The first kappa shape index (κ1) is 17.5. The average Bonchev–Trinajstić information content (AvgIpc) is 3.25. The van der Waals surface area contributed by atoms with Crippen LogP contribution in [0.1, 0.15) is 21.5 Å². The molecule has 2 amide bonds. The second-order valence-electron chi connectivity index (χ2n) is 6.09. The summed E-state index contributed by atoms with van der Waals surface area (Å²) in [5.74, 6) is 0.0169. The molecule has 3 aromatic rings. The average molecular weight is 351 g/mol. The Kier molecular flexibility index (Phi) is 4.88. The number of aromatic nitrogens is 3. The predicted octanol–water partition coefficient (Wildman–Crippen LogP) is 2.20. The van der Waals surface area contributed by atoms with Gasteiger partial charge in [0.15, 0.2) is 0 Å². The van der Waals surface area contributed by atoms with Crippen molar-refractivity contribution in [3.05, 3.63) is 65.6 Å². The standard InChI is InChI=1S/C19H21N5O2/c1-13-7-6-8-14(2)17(13)22-16(25)12-20-18(26)15-11-21-23(3)19(15)24-9-4-5-10-24/h4-11H,12H2,1-3H3,(H,20,26)(H,22,25). The number of nitrogens with one attached hydrogen (secondary N) is 2. The van der Waals surface area contributed by atoms with E-state index in [0.29, 0.717) is 11.4 Å². The van der Waals surface area contributed by atoms with Gasteiger partial charge in [-0.2, -0.15) is 5.10 Å². The van der Waals surface area contributed by atoms with E-state index in [1.165, 1.54) is 6.20 Å². The van der Waals surface area contributed by atoms with Crippen LogP contribution in [-0.4, -0.2) is 32.7 Å². The lowest BCUT2D eigenvalue weighted by molar-refractivity contribution is -0.115. The molecule has 0 saturated heterocycles. The van der Waals surface area contributed by atoms with Crippen LogP contribution in [0, 0.1) is 13.8 Å². The molecule has 3 rings (SSSR count). The molecule has 0 aliphatic rings. The smallest absolute Gasteiger partial charge is 0.257 e. The number of carbonyl (C=O) groups excluding carboxylic acids is 2. The van der Waals surface area contributed by atoms with Crippen molar-refractivity contribution in [1.29, 1.82) is 0 Å². The van der Waals surface area contributed by atoms with Crippen LogP contribution in [0.15, 0.2) is 48.9 Å². The molecule has 0 saturated carbocycles. The number of carbonyl (C=O) groups is 2. The normalized spacial score (nSPS) is 10.6. The van der Waals surface area contributed by atoms with Crippen LogP contribution >= 0.6 is 0 Å². The Bertz CT molecular complexity index is 921. The van der Waals surface area contributed by atoms with E-state index in [2.05, 4.69) is 15.7 Å². The largest absolute Gasteiger partial charge is 0.343 e. The third kappa shape index (κ3) is 3.51. The van der Waals surface area contributed by atoms with Gasteiger partial charge in [-0.1, -0.05) is 18.2 Å². The Morgan fingerprint density at radius 2 is 1.73 bits per heavy atom. The third-order valence-corrected chi connectivity index (χ3v) is 4.16. The van der Waals surface area contributed by atoms with E-state index in [1.807, 2.05) is 56.6 Å². The summed E-state index contributed by atoms with van der Waals surface area (Å²) < 4.78 is 3.42. The fourth-order valence-corrected chi connectivity index (χ4v) is 2.82. The van der Waals surface area contributed by atoms with Crippen LogP contribution < -0.4 is 10.6 Å². The van der Waals surface area contributed by atoms with Gasteiger partial charge in [0.05, 0.1) is 12.7 Å². The molecule has 7 nitrogen and oxygen atoms in total. The van der Waals surface area contributed by atoms with Crippen LogP contribution in [0.25, 0.3) is 5.82 Å². The van der Waals surface area contributed by atoms with Crippen LogP contribution in [0.5, 0.6) is 0 Å². The lowest BCUT2D eigenvalue weighted by atomic mass is 10.1. The molecular weight excluding hydrogens is 330 g/mol. The highest BCUT2D eigenvalue weighted by molar-refractivity contribution is 6.01. The first-order chi connectivity index (χ1) is 12.5. The number of para-hydroxylation sites is 1. The fourth-order valence-electron chi connectivity index (χ4n) is 2.82. The molecular formula is C19H21N5O2. The van der Waals surface area contributed by atoms with E-state index in [-0.39, 0.29) is 18.4 Å². The molecule has 7 heteroatoms. The molecule has 134 valence electrons. The summed E-state index contributed by atoms with van der Waals surface area (Å²) in [7, 11) is 1.76. The number of nitrogens with zero attached hydrogens (tertiary/aromatic N) is 3. The highest BCUT2D eigenvalue weighted by Crippen LogP contribution is 2.19. The molecule has 0 bridgehead atoms. The van der Waals surface area contributed by atoms with Gasteiger partial charge in [-0.3, -0.25) is 14.3 Å². The van der Waals surface area contributed by atoms with Crippen molar-refractivity contribution in [2.45, 2.75) is 13.8 Å². The number of aryl methyl sites for hydroxylation is 3. The summed E-state index contributed by atoms with van der Waals surface area (Å²) in [6, 6.07) is 9.53. The van der Waals surface area contributed by atoms with E-state index in [4.69, 9.17) is 0 Å². The van der Waals surface area contributed by atoms with Gasteiger partial charge in [-0.25, -0.2) is 0 Å². The second kappa shape index (κ2) is 7.26. The summed E-state index contributed by atoms with van der Waals surface area (Å²) in [6.45, 7) is 3.74. The topological polar surface area (TPSA) is 81.0 Å². The summed E-state index contributed by atoms with van der Waals surface area (Å²) in [4.78, 5) is 24.7. The number of anilines is 1. The molecule has 2 aromatic heterocycles. The van der Waals surface area contributed by atoms with Crippen LogP contribution in [0.2, 0.25) is 0 Å². The van der Waals surface area contributed by atoms with Crippen LogP contribution in [-0.2, 0) is 11.8 Å². The van der Waals surface area contributed by atoms with E-state index in [0.717, 1.165) is 16.8 Å². The van der Waals surface area contributed by atoms with Crippen molar-refractivity contribution in [2.75, 3.05) is 11.9 Å². The van der Waals surface area contributed by atoms with Gasteiger partial charge in [0.1, 0.15) is 11.4 Å². The summed E-state index contributed by atoms with van der Waals surface area (Å²) in [5, 5.41) is 9.66. The van der Waals surface area contributed by atoms with E-state index >= 15 is 0 Å². The van der Waals surface area contributed by atoms with E-state index in [1.54, 1.807) is 16.3 Å². The van der Waals surface area contributed by atoms with Crippen molar-refractivity contribution >= 4 is 17.5 Å². The molecule has 0 spiro atoms. The number of benzene rings is 1. The van der Waals surface area contributed by atoms with Crippen molar-refractivity contribution in [3.8, 4) is 5.82 Å². The summed E-state index contributed by atoms with van der Waals surface area (Å²) in [6.07, 6.45) is 5.16. The zero-order valence-corrected chi connectivity index (χ0v) is 15.0. The summed E-state index contributed by atoms with van der Waals surface area (Å²) >= 11 is 0. The quantitative estimate of drug-likeness (QED) is 0.739. The zero-order chi connectivity index (χ0) is 18.7. The van der Waals surface area contributed by atoms with Crippen LogP contribution in [0.3, 0.4) is 0 Å². The van der Waals surface area contributed by atoms with Crippen molar-refractivity contribution < 1.29 is 9.59 Å². The molecule has 0 aliphatic heterocycles. The van der Waals surface area contributed by atoms with Crippen LogP contribution in [0.4, 0.5) is 5.69 Å². The van der Waals surface area contributed by atoms with E-state index < -0.39 is 0 Å². The molecule has 0 unspecified atom stereocenters. The Balaban J connectivity index is 1.67. The Morgan fingerprint density at radius 1 is 1.08 bits per heavy atom. The molecule has 26 heavy (non-hydrogen) atoms. The number of rotatable bonds is 5. The number of hydrogen-bond donors (Lipinski definition) is 2. The van der Waals surface area contributed by atoms with Gasteiger partial charge in [-0.05, 0) is 37.1 Å². The maximum Gasteiger partial charge on any atom is 0.257 e. The molecule has 1 aromatic carbocycles. The molecule has 0 atom stereocenters. The lowest BCUT2D eigenvalue weighted by Gasteiger charge is -2.12. The SMILES string of the molecule is Cc1cccc(C)c1NC(=O)CNC(=O)c1cnn(C)c1-n1cccc1. The minimum absolute atomic E-state index is 0.118. The molecule has 2 N–H and O–H groups in total. The highest BCUT2D eigenvalue weighted by atomic mass is 16.2. The van der Waals surface area contributed by atoms with Gasteiger partial charge in [0.2, 0.25) is 5.91 Å². The monoisotopic (exact) mass is 351 g/mol. The minimum Gasteiger partial charge on any atom is -0.343 e. The first-order valence-electron chi connectivity index (χ1n) is 8.27. The number of hydrogen-bond acceptors (Lipinski definition) is 3. The van der Waals surface area contributed by atoms with E-state index in [9.17, 15) is 9.59 Å². The van der Waals surface area contributed by atoms with Crippen molar-refractivity contribution in [1.82, 2.24) is 19.7 Å². The number of amides is 2. The molecule has 0 aliphatic carbocycles. The third-order valence-electron chi connectivity index (χ3n) is 4.16. The second-order valence-corrected chi connectivity index (χ2v) is 6.09. The molecule has 0 fully saturated rings. The minimum atomic E-state index is -0.349. The summed E-state index contributed by atoms with van der Waals surface area (Å²) in [5.41, 5.74) is 3.14. The zero-order valence-electron chi connectivity index (χ0n) is 15.0. The highest BCUT2D eigenvalue weighted by Gasteiger charge is 2.18. The van der Waals surface area contributed by atoms with Gasteiger partial charge in [0, 0.05) is 25.1 Å². The van der Waals surface area contributed by atoms with Gasteiger partial charge in [-0.15, -0.1) is 0 Å². The lowest BCUT2D eigenvalue weighted by Crippen LogP contribution is -2.33. The Morgan fingerprint density at radius 3 is 2.38 bits per heavy atom. The Labute approximate surface area is 151 Å². The van der Waals surface area contributed by atoms with Crippen molar-refractivity contribution in [2.24, 2.45) is 7.05 Å².